The summed E-state index contributed by atoms with van der Waals surface area (Å²) in [6, 6.07) is 21.1. The molecule has 0 fully saturated rings. The van der Waals surface area contributed by atoms with Crippen LogP contribution in [0.3, 0.4) is 0 Å². The molecule has 0 aliphatic heterocycles. The SMILES string of the molecule is CCOC(=O)CCc1nn(C(=O)OC(C)(C)C)c2ccc(CC(=O)N(Cc3ccccc3)c3ccc(C)cc3OC(C)C)cc12. The summed E-state index contributed by atoms with van der Waals surface area (Å²) in [4.78, 5) is 41.1. The van der Waals surface area contributed by atoms with Gasteiger partial charge in [0.25, 0.3) is 0 Å². The predicted octanol–water partition coefficient (Wildman–Crippen LogP) is 7.19. The van der Waals surface area contributed by atoms with Crippen LogP contribution in [-0.4, -0.2) is 46.1 Å². The summed E-state index contributed by atoms with van der Waals surface area (Å²) in [5, 5.41) is 5.20. The number of anilines is 1. The standard InChI is InChI=1S/C36H43N3O6/c1-8-43-34(41)19-16-29-28-21-27(15-18-30(28)39(37-29)35(42)45-36(5,6)7)22-33(40)38(23-26-12-10-9-11-13-26)31-17-14-25(4)20-32(31)44-24(2)3/h9-15,17-18,20-21,24H,8,16,19,22-23H2,1-7H3. The van der Waals surface area contributed by atoms with Crippen molar-refractivity contribution in [2.24, 2.45) is 0 Å². The third kappa shape index (κ3) is 8.94. The van der Waals surface area contributed by atoms with Gasteiger partial charge in [0.1, 0.15) is 11.4 Å². The second kappa shape index (κ2) is 14.4. The predicted molar refractivity (Wildman–Crippen MR) is 175 cm³/mol. The van der Waals surface area contributed by atoms with Gasteiger partial charge in [0.2, 0.25) is 5.91 Å². The highest BCUT2D eigenvalue weighted by molar-refractivity contribution is 5.97. The molecule has 0 saturated heterocycles. The Morgan fingerprint density at radius 1 is 0.956 bits per heavy atom. The number of amides is 1. The molecule has 1 aromatic heterocycles. The third-order valence-electron chi connectivity index (χ3n) is 6.87. The van der Waals surface area contributed by atoms with E-state index in [1.165, 1.54) is 4.68 Å². The summed E-state index contributed by atoms with van der Waals surface area (Å²) >= 11 is 0. The molecule has 0 aliphatic carbocycles. The van der Waals surface area contributed by atoms with Gasteiger partial charge in [-0.25, -0.2) is 4.79 Å². The molecule has 0 N–H and O–H groups in total. The Kier molecular flexibility index (Phi) is 10.6. The minimum absolute atomic E-state index is 0.0730. The number of nitrogens with zero attached hydrogens (tertiary/aromatic N) is 3. The lowest BCUT2D eigenvalue weighted by atomic mass is 10.0. The van der Waals surface area contributed by atoms with Crippen molar-refractivity contribution < 1.29 is 28.6 Å². The molecule has 4 aromatic rings. The fraction of sp³-hybridized carbons (Fsp3) is 0.389. The number of aryl methyl sites for hydroxylation is 2. The molecule has 238 valence electrons. The third-order valence-corrected chi connectivity index (χ3v) is 6.87. The molecule has 0 bridgehead atoms. The van der Waals surface area contributed by atoms with Gasteiger partial charge in [-0.3, -0.25) is 9.59 Å². The van der Waals surface area contributed by atoms with Gasteiger partial charge < -0.3 is 19.1 Å². The fourth-order valence-electron chi connectivity index (χ4n) is 4.96. The number of carbonyl (C=O) groups excluding carboxylic acids is 3. The molecule has 1 heterocycles. The Morgan fingerprint density at radius 3 is 2.36 bits per heavy atom. The topological polar surface area (TPSA) is 100.0 Å². The molecular formula is C36H43N3O6. The van der Waals surface area contributed by atoms with Crippen LogP contribution in [0.5, 0.6) is 5.75 Å². The van der Waals surface area contributed by atoms with Crippen molar-refractivity contribution in [2.45, 2.75) is 86.0 Å². The molecule has 0 aliphatic rings. The van der Waals surface area contributed by atoms with Crippen LogP contribution in [0.15, 0.2) is 66.7 Å². The second-order valence-electron chi connectivity index (χ2n) is 12.3. The number of ether oxygens (including phenoxy) is 3. The van der Waals surface area contributed by atoms with E-state index in [-0.39, 0.29) is 43.8 Å². The van der Waals surface area contributed by atoms with Gasteiger partial charge in [0, 0.05) is 11.8 Å². The van der Waals surface area contributed by atoms with Crippen molar-refractivity contribution in [2.75, 3.05) is 11.5 Å². The average Bonchev–Trinajstić information content (AvgIpc) is 3.33. The lowest BCUT2D eigenvalue weighted by Crippen LogP contribution is -2.32. The zero-order valence-corrected chi connectivity index (χ0v) is 27.3. The lowest BCUT2D eigenvalue weighted by molar-refractivity contribution is -0.143. The Bertz CT molecular complexity index is 1650. The van der Waals surface area contributed by atoms with Crippen LogP contribution >= 0.6 is 0 Å². The maximum atomic E-state index is 14.1. The van der Waals surface area contributed by atoms with E-state index in [1.807, 2.05) is 81.4 Å². The van der Waals surface area contributed by atoms with E-state index in [4.69, 9.17) is 14.2 Å². The Balaban J connectivity index is 1.72. The smallest absolute Gasteiger partial charge is 0.435 e. The van der Waals surface area contributed by atoms with Crippen LogP contribution in [0.1, 0.15) is 70.3 Å². The van der Waals surface area contributed by atoms with Gasteiger partial charge in [0.05, 0.1) is 49.0 Å². The Morgan fingerprint density at radius 2 is 1.69 bits per heavy atom. The zero-order valence-electron chi connectivity index (χ0n) is 27.3. The van der Waals surface area contributed by atoms with Gasteiger partial charge in [-0.1, -0.05) is 42.5 Å². The summed E-state index contributed by atoms with van der Waals surface area (Å²) in [6.45, 7) is 13.7. The van der Waals surface area contributed by atoms with Crippen LogP contribution < -0.4 is 9.64 Å². The molecule has 9 nitrogen and oxygen atoms in total. The lowest BCUT2D eigenvalue weighted by Gasteiger charge is -2.26. The fourth-order valence-corrected chi connectivity index (χ4v) is 4.96. The van der Waals surface area contributed by atoms with Gasteiger partial charge >= 0.3 is 12.1 Å². The maximum Gasteiger partial charge on any atom is 0.435 e. The van der Waals surface area contributed by atoms with E-state index in [1.54, 1.807) is 38.7 Å². The number of carbonyl (C=O) groups is 3. The highest BCUT2D eigenvalue weighted by atomic mass is 16.6. The summed E-state index contributed by atoms with van der Waals surface area (Å²) < 4.78 is 18.1. The number of rotatable bonds is 11. The first kappa shape index (κ1) is 33.2. The molecule has 4 rings (SSSR count). The summed E-state index contributed by atoms with van der Waals surface area (Å²) in [5.74, 6) is 0.172. The molecule has 9 heteroatoms. The summed E-state index contributed by atoms with van der Waals surface area (Å²) in [7, 11) is 0. The molecule has 0 spiro atoms. The normalized spacial score (nSPS) is 11.5. The van der Waals surface area contributed by atoms with Crippen LogP contribution in [0.25, 0.3) is 10.9 Å². The highest BCUT2D eigenvalue weighted by Crippen LogP contribution is 2.33. The van der Waals surface area contributed by atoms with Crippen LogP contribution in [0.2, 0.25) is 0 Å². The molecule has 3 aromatic carbocycles. The quantitative estimate of drug-likeness (QED) is 0.165. The number of benzene rings is 3. The molecule has 0 radical (unpaired) electrons. The van der Waals surface area contributed by atoms with Gasteiger partial charge in [-0.15, -0.1) is 0 Å². The van der Waals surface area contributed by atoms with Crippen molar-refractivity contribution in [1.82, 2.24) is 9.78 Å². The summed E-state index contributed by atoms with van der Waals surface area (Å²) in [5.41, 5.74) is 3.81. The number of hydrogen-bond acceptors (Lipinski definition) is 7. The first-order valence-electron chi connectivity index (χ1n) is 15.4. The van der Waals surface area contributed by atoms with E-state index in [2.05, 4.69) is 5.10 Å². The highest BCUT2D eigenvalue weighted by Gasteiger charge is 2.25. The van der Waals surface area contributed by atoms with Crippen LogP contribution in [0, 0.1) is 6.92 Å². The average molecular weight is 614 g/mol. The molecule has 0 unspecified atom stereocenters. The minimum Gasteiger partial charge on any atom is -0.489 e. The molecule has 45 heavy (non-hydrogen) atoms. The molecule has 0 atom stereocenters. The van der Waals surface area contributed by atoms with Gasteiger partial charge in [-0.2, -0.15) is 9.78 Å². The summed E-state index contributed by atoms with van der Waals surface area (Å²) in [6.07, 6.45) is -0.232. The number of hydrogen-bond donors (Lipinski definition) is 0. The van der Waals surface area contributed by atoms with Crippen molar-refractivity contribution >= 4 is 34.6 Å². The van der Waals surface area contributed by atoms with Crippen molar-refractivity contribution in [1.29, 1.82) is 0 Å². The maximum absolute atomic E-state index is 14.1. The van der Waals surface area contributed by atoms with Crippen molar-refractivity contribution in [3.05, 3.63) is 89.1 Å². The first-order valence-corrected chi connectivity index (χ1v) is 15.4. The van der Waals surface area contributed by atoms with E-state index in [9.17, 15) is 14.4 Å². The van der Waals surface area contributed by atoms with Crippen LogP contribution in [-0.2, 0) is 38.4 Å². The number of esters is 1. The molecular weight excluding hydrogens is 570 g/mol. The van der Waals surface area contributed by atoms with Gasteiger partial charge in [0.15, 0.2) is 0 Å². The molecule has 1 amide bonds. The van der Waals surface area contributed by atoms with Crippen molar-refractivity contribution in [3.8, 4) is 5.75 Å². The largest absolute Gasteiger partial charge is 0.489 e. The number of fused-ring (bicyclic) bond motifs is 1. The molecule has 0 saturated carbocycles. The van der Waals surface area contributed by atoms with E-state index in [0.717, 1.165) is 16.7 Å². The van der Waals surface area contributed by atoms with Gasteiger partial charge in [-0.05, 0) is 89.4 Å². The van der Waals surface area contributed by atoms with E-state index >= 15 is 0 Å². The van der Waals surface area contributed by atoms with Crippen molar-refractivity contribution in [3.63, 3.8) is 0 Å². The monoisotopic (exact) mass is 613 g/mol. The van der Waals surface area contributed by atoms with E-state index in [0.29, 0.717) is 34.6 Å². The second-order valence-corrected chi connectivity index (χ2v) is 12.3. The number of aromatic nitrogens is 2. The Hall–Kier alpha value is -4.66. The first-order chi connectivity index (χ1) is 21.3. The van der Waals surface area contributed by atoms with E-state index < -0.39 is 11.7 Å². The zero-order chi connectivity index (χ0) is 32.7. The minimum atomic E-state index is -0.719. The Labute approximate surface area is 265 Å². The van der Waals surface area contributed by atoms with Crippen LogP contribution in [0.4, 0.5) is 10.5 Å².